The summed E-state index contributed by atoms with van der Waals surface area (Å²) in [5.41, 5.74) is 2.35. The van der Waals surface area contributed by atoms with E-state index in [0.717, 1.165) is 30.7 Å². The highest BCUT2D eigenvalue weighted by Gasteiger charge is 2.28. The molecule has 1 aliphatic rings. The van der Waals surface area contributed by atoms with Crippen LogP contribution in [0.3, 0.4) is 0 Å². The van der Waals surface area contributed by atoms with Gasteiger partial charge in [0.25, 0.3) is 0 Å². The van der Waals surface area contributed by atoms with Crippen LogP contribution in [0.15, 0.2) is 66.6 Å². The smallest absolute Gasteiger partial charge is 0.224 e. The van der Waals surface area contributed by atoms with Gasteiger partial charge in [0.05, 0.1) is 12.1 Å². The molecule has 0 bridgehead atoms. The number of benzene rings is 1. The standard InChI is InChI=1S/C24H25N5OS/c30-24(17-5-3-11-29(16-17)23-15-25-9-10-26-23)28-14-20(22-8-4-12-31-22)19-13-27-21-7-2-1-6-18(19)21/h1-2,4,6-10,12-13,15,17,20,27H,3,5,11,14,16H2,(H,28,30)/t17-,20+/m0/s1. The normalized spacial score (nSPS) is 17.5. The molecule has 7 heteroatoms. The predicted molar refractivity (Wildman–Crippen MR) is 124 cm³/mol. The second kappa shape index (κ2) is 8.89. The highest BCUT2D eigenvalue weighted by atomic mass is 32.1. The number of H-pyrrole nitrogens is 1. The van der Waals surface area contributed by atoms with Gasteiger partial charge in [0.1, 0.15) is 5.82 Å². The van der Waals surface area contributed by atoms with E-state index in [4.69, 9.17) is 0 Å². The lowest BCUT2D eigenvalue weighted by Gasteiger charge is -2.32. The Morgan fingerprint density at radius 2 is 2.19 bits per heavy atom. The molecule has 4 heterocycles. The van der Waals surface area contributed by atoms with Crippen molar-refractivity contribution in [3.8, 4) is 0 Å². The monoisotopic (exact) mass is 431 g/mol. The molecule has 2 atom stereocenters. The van der Waals surface area contributed by atoms with Gasteiger partial charge in [0.15, 0.2) is 0 Å². The Kier molecular flexibility index (Phi) is 5.67. The molecular weight excluding hydrogens is 406 g/mol. The number of carbonyl (C=O) groups is 1. The summed E-state index contributed by atoms with van der Waals surface area (Å²) in [5.74, 6) is 1.05. The number of anilines is 1. The third-order valence-electron chi connectivity index (χ3n) is 6.03. The third-order valence-corrected chi connectivity index (χ3v) is 7.02. The first-order chi connectivity index (χ1) is 15.3. The van der Waals surface area contributed by atoms with Crippen molar-refractivity contribution >= 4 is 34.0 Å². The summed E-state index contributed by atoms with van der Waals surface area (Å²) in [6.07, 6.45) is 9.10. The molecule has 5 rings (SSSR count). The van der Waals surface area contributed by atoms with Crippen molar-refractivity contribution in [3.05, 3.63) is 77.0 Å². The predicted octanol–water partition coefficient (Wildman–Crippen LogP) is 4.18. The zero-order valence-electron chi connectivity index (χ0n) is 17.2. The molecule has 1 amide bonds. The van der Waals surface area contributed by atoms with Crippen molar-refractivity contribution in [2.75, 3.05) is 24.5 Å². The van der Waals surface area contributed by atoms with Gasteiger partial charge in [-0.15, -0.1) is 11.3 Å². The summed E-state index contributed by atoms with van der Waals surface area (Å²) in [7, 11) is 0. The molecule has 2 N–H and O–H groups in total. The quantitative estimate of drug-likeness (QED) is 0.480. The lowest BCUT2D eigenvalue weighted by molar-refractivity contribution is -0.125. The Hall–Kier alpha value is -3.19. The van der Waals surface area contributed by atoms with Crippen LogP contribution in [-0.2, 0) is 4.79 Å². The fourth-order valence-corrected chi connectivity index (χ4v) is 5.28. The van der Waals surface area contributed by atoms with Crippen LogP contribution >= 0.6 is 11.3 Å². The van der Waals surface area contributed by atoms with Gasteiger partial charge in [0, 0.05) is 59.9 Å². The van der Waals surface area contributed by atoms with Crippen LogP contribution in [0.25, 0.3) is 10.9 Å². The maximum atomic E-state index is 13.1. The van der Waals surface area contributed by atoms with Gasteiger partial charge in [-0.05, 0) is 35.9 Å². The van der Waals surface area contributed by atoms with E-state index < -0.39 is 0 Å². The Morgan fingerprint density at radius 3 is 3.03 bits per heavy atom. The van der Waals surface area contributed by atoms with Crippen molar-refractivity contribution in [2.24, 2.45) is 5.92 Å². The number of carbonyl (C=O) groups excluding carboxylic acids is 1. The minimum atomic E-state index is -0.0392. The van der Waals surface area contributed by atoms with Crippen LogP contribution < -0.4 is 10.2 Å². The number of rotatable bonds is 6. The number of amides is 1. The largest absolute Gasteiger partial charge is 0.361 e. The molecule has 31 heavy (non-hydrogen) atoms. The summed E-state index contributed by atoms with van der Waals surface area (Å²) in [4.78, 5) is 28.5. The fourth-order valence-electron chi connectivity index (χ4n) is 4.44. The van der Waals surface area contributed by atoms with E-state index in [2.05, 4.69) is 67.1 Å². The van der Waals surface area contributed by atoms with Crippen LogP contribution in [0.4, 0.5) is 5.82 Å². The Balaban J connectivity index is 1.31. The zero-order valence-corrected chi connectivity index (χ0v) is 18.0. The lowest BCUT2D eigenvalue weighted by Crippen LogP contribution is -2.44. The lowest BCUT2D eigenvalue weighted by atomic mass is 9.94. The van der Waals surface area contributed by atoms with Crippen molar-refractivity contribution < 1.29 is 4.79 Å². The Labute approximate surface area is 185 Å². The molecule has 4 aromatic rings. The minimum absolute atomic E-state index is 0.0392. The van der Waals surface area contributed by atoms with Gasteiger partial charge in [-0.1, -0.05) is 24.3 Å². The first-order valence-corrected chi connectivity index (χ1v) is 11.6. The number of nitrogens with zero attached hydrogens (tertiary/aromatic N) is 3. The van der Waals surface area contributed by atoms with E-state index >= 15 is 0 Å². The summed E-state index contributed by atoms with van der Waals surface area (Å²) >= 11 is 1.73. The van der Waals surface area contributed by atoms with Gasteiger partial charge < -0.3 is 15.2 Å². The number of hydrogen-bond acceptors (Lipinski definition) is 5. The van der Waals surface area contributed by atoms with Crippen LogP contribution in [0.5, 0.6) is 0 Å². The van der Waals surface area contributed by atoms with Gasteiger partial charge >= 0.3 is 0 Å². The van der Waals surface area contributed by atoms with Crippen molar-refractivity contribution in [1.29, 1.82) is 0 Å². The Morgan fingerprint density at radius 1 is 1.26 bits per heavy atom. The molecule has 158 valence electrons. The Bertz CT molecular complexity index is 1140. The SMILES string of the molecule is O=C(NC[C@@H](c1cccs1)c1c[nH]c2ccccc12)[C@H]1CCCN(c2cnccn2)C1. The summed E-state index contributed by atoms with van der Waals surface area (Å²) in [5, 5.41) is 6.56. The molecule has 0 spiro atoms. The number of para-hydroxylation sites is 1. The van der Waals surface area contributed by atoms with E-state index in [9.17, 15) is 4.79 Å². The maximum absolute atomic E-state index is 13.1. The first kappa shape index (κ1) is 19.8. The van der Waals surface area contributed by atoms with Crippen molar-refractivity contribution in [1.82, 2.24) is 20.3 Å². The average molecular weight is 432 g/mol. The van der Waals surface area contributed by atoms with Crippen LogP contribution in [-0.4, -0.2) is 40.5 Å². The molecule has 0 unspecified atom stereocenters. The summed E-state index contributed by atoms with van der Waals surface area (Å²) in [6, 6.07) is 12.6. The van der Waals surface area contributed by atoms with Crippen molar-refractivity contribution in [3.63, 3.8) is 0 Å². The summed E-state index contributed by atoms with van der Waals surface area (Å²) in [6.45, 7) is 2.18. The average Bonchev–Trinajstić information content (AvgIpc) is 3.51. The highest BCUT2D eigenvalue weighted by Crippen LogP contribution is 2.33. The number of hydrogen-bond donors (Lipinski definition) is 2. The molecule has 1 fully saturated rings. The maximum Gasteiger partial charge on any atom is 0.224 e. The van der Waals surface area contributed by atoms with Gasteiger partial charge in [0.2, 0.25) is 5.91 Å². The van der Waals surface area contributed by atoms with Crippen LogP contribution in [0.1, 0.15) is 29.2 Å². The number of aromatic nitrogens is 3. The van der Waals surface area contributed by atoms with Gasteiger partial charge in [-0.2, -0.15) is 0 Å². The number of nitrogens with one attached hydrogen (secondary N) is 2. The molecule has 0 radical (unpaired) electrons. The molecule has 6 nitrogen and oxygen atoms in total. The van der Waals surface area contributed by atoms with E-state index in [1.165, 1.54) is 15.8 Å². The molecular formula is C24H25N5OS. The fraction of sp³-hybridized carbons (Fsp3) is 0.292. The third kappa shape index (κ3) is 4.18. The van der Waals surface area contributed by atoms with Gasteiger partial charge in [-0.3, -0.25) is 9.78 Å². The molecule has 0 saturated carbocycles. The first-order valence-electron chi connectivity index (χ1n) is 10.7. The summed E-state index contributed by atoms with van der Waals surface area (Å²) < 4.78 is 0. The number of aromatic amines is 1. The topological polar surface area (TPSA) is 73.9 Å². The number of piperidine rings is 1. The van der Waals surface area contributed by atoms with Gasteiger partial charge in [-0.25, -0.2) is 4.98 Å². The van der Waals surface area contributed by atoms with Crippen LogP contribution in [0.2, 0.25) is 0 Å². The zero-order chi connectivity index (χ0) is 21.0. The highest BCUT2D eigenvalue weighted by molar-refractivity contribution is 7.10. The molecule has 1 saturated heterocycles. The van der Waals surface area contributed by atoms with E-state index in [1.54, 1.807) is 29.9 Å². The molecule has 0 aliphatic carbocycles. The second-order valence-corrected chi connectivity index (χ2v) is 8.93. The minimum Gasteiger partial charge on any atom is -0.361 e. The van der Waals surface area contributed by atoms with Crippen LogP contribution in [0, 0.1) is 5.92 Å². The van der Waals surface area contributed by atoms with Crippen molar-refractivity contribution in [2.45, 2.75) is 18.8 Å². The molecule has 1 aliphatic heterocycles. The number of thiophene rings is 1. The molecule has 3 aromatic heterocycles. The molecule has 1 aromatic carbocycles. The number of fused-ring (bicyclic) bond motifs is 1. The second-order valence-electron chi connectivity index (χ2n) is 7.95. The van der Waals surface area contributed by atoms with E-state index in [-0.39, 0.29) is 17.7 Å². The van der Waals surface area contributed by atoms with E-state index in [0.29, 0.717) is 13.1 Å². The van der Waals surface area contributed by atoms with E-state index in [1.807, 2.05) is 6.07 Å².